The number of nitrogens with zero attached hydrogens (tertiary/aromatic N) is 2. The van der Waals surface area contributed by atoms with Crippen LogP contribution >= 0.6 is 0 Å². The summed E-state index contributed by atoms with van der Waals surface area (Å²) in [5.41, 5.74) is 2.76. The van der Waals surface area contributed by atoms with E-state index in [1.165, 1.54) is 5.56 Å². The molecule has 23 heavy (non-hydrogen) atoms. The van der Waals surface area contributed by atoms with Crippen molar-refractivity contribution < 1.29 is 9.90 Å². The van der Waals surface area contributed by atoms with E-state index < -0.39 is 0 Å². The van der Waals surface area contributed by atoms with Gasteiger partial charge in [0, 0.05) is 31.0 Å². The van der Waals surface area contributed by atoms with E-state index in [1.807, 2.05) is 35.5 Å². The number of carbonyl (C=O) groups excluding carboxylic acids is 1. The topological polar surface area (TPSA) is 53.4 Å². The molecule has 2 heterocycles. The molecule has 3 rings (SSSR count). The third-order valence-corrected chi connectivity index (χ3v) is 4.55. The van der Waals surface area contributed by atoms with Crippen molar-refractivity contribution in [3.63, 3.8) is 0 Å². The summed E-state index contributed by atoms with van der Waals surface area (Å²) in [6, 6.07) is 11.4. The molecular weight excluding hydrogens is 288 g/mol. The Morgan fingerprint density at radius 2 is 2.00 bits per heavy atom. The molecule has 1 atom stereocenters. The Morgan fingerprint density at radius 3 is 2.78 bits per heavy atom. The second kappa shape index (κ2) is 7.38. The number of amides is 1. The number of hydrogen-bond donors (Lipinski definition) is 1. The Balaban J connectivity index is 1.69. The zero-order valence-corrected chi connectivity index (χ0v) is 13.2. The van der Waals surface area contributed by atoms with Gasteiger partial charge in [-0.25, -0.2) is 0 Å². The normalized spacial score (nSPS) is 18.5. The van der Waals surface area contributed by atoms with Crippen molar-refractivity contribution in [3.05, 3.63) is 65.5 Å². The zero-order valence-electron chi connectivity index (χ0n) is 13.2. The van der Waals surface area contributed by atoms with Crippen molar-refractivity contribution in [3.8, 4) is 0 Å². The third kappa shape index (κ3) is 3.77. The van der Waals surface area contributed by atoms with E-state index in [1.54, 1.807) is 6.07 Å². The van der Waals surface area contributed by atoms with Gasteiger partial charge in [0.25, 0.3) is 5.91 Å². The van der Waals surface area contributed by atoms with Gasteiger partial charge in [-0.05, 0) is 60.6 Å². The molecule has 4 nitrogen and oxygen atoms in total. The van der Waals surface area contributed by atoms with Crippen LogP contribution in [0.4, 0.5) is 0 Å². The predicted molar refractivity (Wildman–Crippen MR) is 89.1 cm³/mol. The third-order valence-electron chi connectivity index (χ3n) is 4.55. The van der Waals surface area contributed by atoms with Crippen molar-refractivity contribution in [1.29, 1.82) is 0 Å². The first kappa shape index (κ1) is 15.7. The molecule has 0 bridgehead atoms. The maximum Gasteiger partial charge on any atom is 0.253 e. The minimum atomic E-state index is -0.0365. The molecule has 1 aromatic carbocycles. The molecule has 0 saturated carbocycles. The lowest BCUT2D eigenvalue weighted by Gasteiger charge is -2.21. The first-order valence-electron chi connectivity index (χ1n) is 8.17. The van der Waals surface area contributed by atoms with E-state index in [-0.39, 0.29) is 12.5 Å². The van der Waals surface area contributed by atoms with Gasteiger partial charge in [0.15, 0.2) is 0 Å². The van der Waals surface area contributed by atoms with E-state index in [0.717, 1.165) is 37.9 Å². The van der Waals surface area contributed by atoms with Crippen molar-refractivity contribution in [2.45, 2.75) is 31.8 Å². The van der Waals surface area contributed by atoms with E-state index in [9.17, 15) is 9.90 Å². The molecule has 1 amide bonds. The van der Waals surface area contributed by atoms with Crippen LogP contribution in [0, 0.1) is 0 Å². The molecule has 0 radical (unpaired) electrons. The largest absolute Gasteiger partial charge is 0.392 e. The smallest absolute Gasteiger partial charge is 0.253 e. The summed E-state index contributed by atoms with van der Waals surface area (Å²) in [6.45, 7) is 1.53. The van der Waals surface area contributed by atoms with Crippen molar-refractivity contribution in [2.75, 3.05) is 13.1 Å². The summed E-state index contributed by atoms with van der Waals surface area (Å²) in [6.07, 6.45) is 6.77. The standard InChI is InChI=1S/C19H22N2O2/c22-14-15-3-1-4-18(13-15)19(23)21-11-2-5-16(8-12-21)17-6-9-20-10-7-17/h1,3-4,6-7,9-10,13,16,22H,2,5,8,11-12,14H2/t16-/m0/s1. The van der Waals surface area contributed by atoms with Crippen LogP contribution in [0.5, 0.6) is 0 Å². The summed E-state index contributed by atoms with van der Waals surface area (Å²) in [5.74, 6) is 0.565. The molecule has 1 aliphatic heterocycles. The van der Waals surface area contributed by atoms with Crippen LogP contribution in [-0.4, -0.2) is 34.0 Å². The van der Waals surface area contributed by atoms with Crippen LogP contribution in [-0.2, 0) is 6.61 Å². The van der Waals surface area contributed by atoms with Crippen LogP contribution in [0.1, 0.15) is 46.7 Å². The van der Waals surface area contributed by atoms with Gasteiger partial charge in [-0.15, -0.1) is 0 Å². The van der Waals surface area contributed by atoms with Crippen LogP contribution in [0.15, 0.2) is 48.8 Å². The number of aliphatic hydroxyl groups excluding tert-OH is 1. The first-order valence-corrected chi connectivity index (χ1v) is 8.17. The summed E-state index contributed by atoms with van der Waals surface area (Å²) in [5, 5.41) is 9.23. The minimum absolute atomic E-state index is 0.0365. The maximum absolute atomic E-state index is 12.7. The Labute approximate surface area is 136 Å². The van der Waals surface area contributed by atoms with Crippen molar-refractivity contribution >= 4 is 5.91 Å². The number of pyridine rings is 1. The van der Waals surface area contributed by atoms with Gasteiger partial charge in [0.1, 0.15) is 0 Å². The molecule has 1 saturated heterocycles. The summed E-state index contributed by atoms with van der Waals surface area (Å²) < 4.78 is 0. The molecule has 2 aromatic rings. The SMILES string of the molecule is O=C(c1cccc(CO)c1)N1CCC[C@H](c2ccncc2)CC1. The highest BCUT2D eigenvalue weighted by Gasteiger charge is 2.22. The van der Waals surface area contributed by atoms with Crippen molar-refractivity contribution in [2.24, 2.45) is 0 Å². The van der Waals surface area contributed by atoms with E-state index in [4.69, 9.17) is 0 Å². The fourth-order valence-corrected chi connectivity index (χ4v) is 3.25. The second-order valence-corrected chi connectivity index (χ2v) is 6.06. The molecule has 1 fully saturated rings. The minimum Gasteiger partial charge on any atom is -0.392 e. The Morgan fingerprint density at radius 1 is 1.17 bits per heavy atom. The van der Waals surface area contributed by atoms with Gasteiger partial charge in [-0.3, -0.25) is 9.78 Å². The molecular formula is C19H22N2O2. The Hall–Kier alpha value is -2.20. The monoisotopic (exact) mass is 310 g/mol. The van der Waals surface area contributed by atoms with Gasteiger partial charge in [0.2, 0.25) is 0 Å². The van der Waals surface area contributed by atoms with E-state index in [0.29, 0.717) is 11.5 Å². The van der Waals surface area contributed by atoms with Crippen LogP contribution in [0.3, 0.4) is 0 Å². The number of likely N-dealkylation sites (tertiary alicyclic amines) is 1. The van der Waals surface area contributed by atoms with Gasteiger partial charge < -0.3 is 10.0 Å². The van der Waals surface area contributed by atoms with Crippen molar-refractivity contribution in [1.82, 2.24) is 9.88 Å². The lowest BCUT2D eigenvalue weighted by molar-refractivity contribution is 0.0761. The quantitative estimate of drug-likeness (QED) is 0.948. The van der Waals surface area contributed by atoms with E-state index in [2.05, 4.69) is 17.1 Å². The van der Waals surface area contributed by atoms with Crippen LogP contribution < -0.4 is 0 Å². The highest BCUT2D eigenvalue weighted by atomic mass is 16.3. The fourth-order valence-electron chi connectivity index (χ4n) is 3.25. The molecule has 0 aliphatic carbocycles. The fraction of sp³-hybridized carbons (Fsp3) is 0.368. The number of rotatable bonds is 3. The number of aliphatic hydroxyl groups is 1. The molecule has 1 N–H and O–H groups in total. The maximum atomic E-state index is 12.7. The highest BCUT2D eigenvalue weighted by Crippen LogP contribution is 2.28. The number of carbonyl (C=O) groups is 1. The summed E-state index contributed by atoms with van der Waals surface area (Å²) in [4.78, 5) is 18.7. The highest BCUT2D eigenvalue weighted by molar-refractivity contribution is 5.94. The lowest BCUT2D eigenvalue weighted by atomic mass is 9.93. The van der Waals surface area contributed by atoms with Gasteiger partial charge >= 0.3 is 0 Å². The zero-order chi connectivity index (χ0) is 16.1. The number of aromatic nitrogens is 1. The molecule has 0 spiro atoms. The second-order valence-electron chi connectivity index (χ2n) is 6.06. The molecule has 1 aliphatic rings. The number of benzene rings is 1. The Bertz CT molecular complexity index is 657. The molecule has 120 valence electrons. The van der Waals surface area contributed by atoms with Crippen LogP contribution in [0.25, 0.3) is 0 Å². The molecule has 0 unspecified atom stereocenters. The van der Waals surface area contributed by atoms with Crippen LogP contribution in [0.2, 0.25) is 0 Å². The average Bonchev–Trinajstić information content (AvgIpc) is 2.88. The summed E-state index contributed by atoms with van der Waals surface area (Å²) >= 11 is 0. The van der Waals surface area contributed by atoms with Gasteiger partial charge in [-0.2, -0.15) is 0 Å². The first-order chi connectivity index (χ1) is 11.3. The molecule has 1 aromatic heterocycles. The molecule has 4 heteroatoms. The van der Waals surface area contributed by atoms with E-state index >= 15 is 0 Å². The number of hydrogen-bond acceptors (Lipinski definition) is 3. The summed E-state index contributed by atoms with van der Waals surface area (Å²) in [7, 11) is 0. The van der Waals surface area contributed by atoms with Gasteiger partial charge in [-0.1, -0.05) is 12.1 Å². The lowest BCUT2D eigenvalue weighted by Crippen LogP contribution is -2.32. The predicted octanol–water partition coefficient (Wildman–Crippen LogP) is 2.98. The Kier molecular flexibility index (Phi) is 5.03. The van der Waals surface area contributed by atoms with Gasteiger partial charge in [0.05, 0.1) is 6.61 Å². The average molecular weight is 310 g/mol.